The number of ether oxygens (including phenoxy) is 1. The normalized spacial score (nSPS) is 10.1. The van der Waals surface area contributed by atoms with Crippen molar-refractivity contribution in [2.75, 3.05) is 31.7 Å². The van der Waals surface area contributed by atoms with E-state index in [2.05, 4.69) is 4.98 Å². The monoisotopic (exact) mass is 255 g/mol. The second-order valence-electron chi connectivity index (χ2n) is 3.43. The Morgan fingerprint density at radius 1 is 1.67 bits per heavy atom. The molecule has 0 aliphatic rings. The molecule has 0 saturated carbocycles. The van der Waals surface area contributed by atoms with Crippen LogP contribution in [0, 0.1) is 10.1 Å². The van der Waals surface area contributed by atoms with Gasteiger partial charge >= 0.3 is 11.7 Å². The number of carbonyl (C=O) groups is 1. The van der Waals surface area contributed by atoms with Gasteiger partial charge < -0.3 is 14.7 Å². The summed E-state index contributed by atoms with van der Waals surface area (Å²) in [6, 6.07) is 1.41. The molecule has 0 saturated heterocycles. The molecule has 0 radical (unpaired) electrons. The van der Waals surface area contributed by atoms with Gasteiger partial charge in [-0.25, -0.2) is 0 Å². The van der Waals surface area contributed by atoms with Gasteiger partial charge in [-0.3, -0.25) is 19.9 Å². The van der Waals surface area contributed by atoms with Gasteiger partial charge in [0.15, 0.2) is 0 Å². The van der Waals surface area contributed by atoms with Gasteiger partial charge in [-0.05, 0) is 6.07 Å². The van der Waals surface area contributed by atoms with E-state index >= 15 is 0 Å². The molecule has 98 valence electrons. The van der Waals surface area contributed by atoms with Crippen molar-refractivity contribution in [2.45, 2.75) is 0 Å². The molecule has 1 rings (SSSR count). The fraction of sp³-hybridized carbons (Fsp3) is 0.400. The molecule has 0 aliphatic heterocycles. The lowest BCUT2D eigenvalue weighted by molar-refractivity contribution is -0.384. The molecule has 1 aromatic rings. The van der Waals surface area contributed by atoms with Crippen molar-refractivity contribution in [1.82, 2.24) is 4.98 Å². The molecule has 0 bridgehead atoms. The largest absolute Gasteiger partial charge is 0.480 e. The maximum absolute atomic E-state index is 10.8. The summed E-state index contributed by atoms with van der Waals surface area (Å²) in [6.45, 7) is 0.175. The molecule has 0 amide bonds. The highest BCUT2D eigenvalue weighted by Gasteiger charge is 2.20. The zero-order valence-corrected chi connectivity index (χ0v) is 9.78. The number of carboxylic acid groups (broad SMARTS) is 1. The molecule has 0 unspecified atom stereocenters. The Kier molecular flexibility index (Phi) is 5.00. The smallest absolute Gasteiger partial charge is 0.323 e. The van der Waals surface area contributed by atoms with Crippen molar-refractivity contribution in [2.24, 2.45) is 0 Å². The zero-order chi connectivity index (χ0) is 13.5. The fourth-order valence-electron chi connectivity index (χ4n) is 1.44. The highest BCUT2D eigenvalue weighted by Crippen LogP contribution is 2.26. The van der Waals surface area contributed by atoms with Crippen LogP contribution in [0.2, 0.25) is 0 Å². The summed E-state index contributed by atoms with van der Waals surface area (Å²) in [5.74, 6) is -1.07. The van der Waals surface area contributed by atoms with Crippen LogP contribution < -0.4 is 4.90 Å². The topological polar surface area (TPSA) is 106 Å². The number of nitro groups is 1. The Hall–Kier alpha value is -2.22. The van der Waals surface area contributed by atoms with E-state index in [9.17, 15) is 14.9 Å². The second-order valence-corrected chi connectivity index (χ2v) is 3.43. The maximum atomic E-state index is 10.8. The van der Waals surface area contributed by atoms with Crippen LogP contribution in [0.15, 0.2) is 18.5 Å². The lowest BCUT2D eigenvalue weighted by Gasteiger charge is -2.21. The molecule has 18 heavy (non-hydrogen) atoms. The molecule has 0 aliphatic carbocycles. The molecule has 0 aromatic carbocycles. The van der Waals surface area contributed by atoms with Crippen LogP contribution in [0.3, 0.4) is 0 Å². The molecular weight excluding hydrogens is 242 g/mol. The Bertz CT molecular complexity index is 437. The van der Waals surface area contributed by atoms with E-state index in [0.29, 0.717) is 0 Å². The quantitative estimate of drug-likeness (QED) is 0.559. The second kappa shape index (κ2) is 6.50. The molecular formula is C10H13N3O5. The van der Waals surface area contributed by atoms with Crippen molar-refractivity contribution in [1.29, 1.82) is 0 Å². The van der Waals surface area contributed by atoms with Crippen molar-refractivity contribution in [3.8, 4) is 0 Å². The summed E-state index contributed by atoms with van der Waals surface area (Å²) in [5.41, 5.74) is -0.00990. The highest BCUT2D eigenvalue weighted by atomic mass is 16.6. The number of methoxy groups -OCH3 is 1. The van der Waals surface area contributed by atoms with Crippen LogP contribution in [-0.4, -0.2) is 47.8 Å². The predicted octanol–water partition coefficient (Wildman–Crippen LogP) is 0.527. The van der Waals surface area contributed by atoms with Crippen molar-refractivity contribution < 1.29 is 19.6 Å². The summed E-state index contributed by atoms with van der Waals surface area (Å²) < 4.78 is 4.86. The Labute approximate surface area is 103 Å². The average molecular weight is 255 g/mol. The Balaban J connectivity index is 3.03. The number of carboxylic acids is 1. The van der Waals surface area contributed by atoms with Crippen molar-refractivity contribution in [3.63, 3.8) is 0 Å². The van der Waals surface area contributed by atoms with Crippen LogP contribution >= 0.6 is 0 Å². The SMILES string of the molecule is COCCN(CC(=O)O)c1ccncc1[N+](=O)[O-]. The number of hydrogen-bond acceptors (Lipinski definition) is 6. The number of nitrogens with zero attached hydrogens (tertiary/aromatic N) is 3. The number of pyridine rings is 1. The lowest BCUT2D eigenvalue weighted by atomic mass is 10.3. The summed E-state index contributed by atoms with van der Waals surface area (Å²) in [4.78, 5) is 26.0. The highest BCUT2D eigenvalue weighted by molar-refractivity contribution is 5.75. The number of aromatic nitrogens is 1. The minimum atomic E-state index is -1.07. The molecule has 1 heterocycles. The number of aliphatic carboxylic acids is 1. The summed E-state index contributed by atoms with van der Waals surface area (Å²) >= 11 is 0. The van der Waals surface area contributed by atoms with Crippen LogP contribution in [0.1, 0.15) is 0 Å². The summed E-state index contributed by atoms with van der Waals surface area (Å²) in [6.07, 6.45) is 2.47. The first-order valence-electron chi connectivity index (χ1n) is 5.10. The van der Waals surface area contributed by atoms with Gasteiger partial charge in [0.2, 0.25) is 0 Å². The molecule has 8 heteroatoms. The van der Waals surface area contributed by atoms with E-state index in [0.717, 1.165) is 6.20 Å². The van der Waals surface area contributed by atoms with Crippen LogP contribution in [0.25, 0.3) is 0 Å². The Morgan fingerprint density at radius 3 is 2.94 bits per heavy atom. The van der Waals surface area contributed by atoms with Crippen LogP contribution in [-0.2, 0) is 9.53 Å². The van der Waals surface area contributed by atoms with E-state index in [1.54, 1.807) is 0 Å². The van der Waals surface area contributed by atoms with Gasteiger partial charge in [0.1, 0.15) is 18.4 Å². The standard InChI is InChI=1S/C10H13N3O5/c1-18-5-4-12(7-10(14)15)8-2-3-11-6-9(8)13(16)17/h2-3,6H,4-5,7H2,1H3,(H,14,15). The summed E-state index contributed by atoms with van der Waals surface area (Å²) in [5, 5.41) is 19.7. The van der Waals surface area contributed by atoms with E-state index in [1.165, 1.54) is 24.3 Å². The first-order chi connectivity index (χ1) is 8.56. The van der Waals surface area contributed by atoms with E-state index < -0.39 is 10.9 Å². The van der Waals surface area contributed by atoms with Gasteiger partial charge in [-0.2, -0.15) is 0 Å². The zero-order valence-electron chi connectivity index (χ0n) is 9.78. The maximum Gasteiger partial charge on any atom is 0.323 e. The molecule has 0 spiro atoms. The number of hydrogen-bond donors (Lipinski definition) is 1. The third kappa shape index (κ3) is 3.67. The summed E-state index contributed by atoms with van der Waals surface area (Å²) in [7, 11) is 1.47. The Morgan fingerprint density at radius 2 is 2.39 bits per heavy atom. The van der Waals surface area contributed by atoms with Gasteiger partial charge in [-0.1, -0.05) is 0 Å². The number of anilines is 1. The first-order valence-corrected chi connectivity index (χ1v) is 5.10. The van der Waals surface area contributed by atoms with Crippen molar-refractivity contribution in [3.05, 3.63) is 28.6 Å². The minimum Gasteiger partial charge on any atom is -0.480 e. The van der Waals surface area contributed by atoms with E-state index in [1.807, 2.05) is 0 Å². The third-order valence-corrected chi connectivity index (χ3v) is 2.21. The van der Waals surface area contributed by atoms with Crippen molar-refractivity contribution >= 4 is 17.3 Å². The van der Waals surface area contributed by atoms with Gasteiger partial charge in [0.05, 0.1) is 11.5 Å². The molecule has 8 nitrogen and oxygen atoms in total. The molecule has 0 atom stereocenters. The lowest BCUT2D eigenvalue weighted by Crippen LogP contribution is -2.33. The molecule has 0 fully saturated rings. The van der Waals surface area contributed by atoms with Gasteiger partial charge in [0.25, 0.3) is 0 Å². The van der Waals surface area contributed by atoms with Crippen LogP contribution in [0.4, 0.5) is 11.4 Å². The number of rotatable bonds is 7. The van der Waals surface area contributed by atoms with E-state index in [-0.39, 0.29) is 31.1 Å². The first kappa shape index (κ1) is 13.8. The van der Waals surface area contributed by atoms with Crippen LogP contribution in [0.5, 0.6) is 0 Å². The van der Waals surface area contributed by atoms with E-state index in [4.69, 9.17) is 9.84 Å². The molecule has 1 aromatic heterocycles. The minimum absolute atomic E-state index is 0.217. The predicted molar refractivity (Wildman–Crippen MR) is 62.6 cm³/mol. The third-order valence-electron chi connectivity index (χ3n) is 2.21. The molecule has 1 N–H and O–H groups in total. The fourth-order valence-corrected chi connectivity index (χ4v) is 1.44. The van der Waals surface area contributed by atoms with Gasteiger partial charge in [0, 0.05) is 19.9 Å². The average Bonchev–Trinajstić information content (AvgIpc) is 2.34. The van der Waals surface area contributed by atoms with Gasteiger partial charge in [-0.15, -0.1) is 0 Å².